The highest BCUT2D eigenvalue weighted by molar-refractivity contribution is 7.11. The summed E-state index contributed by atoms with van der Waals surface area (Å²) in [6.07, 6.45) is 1.12. The highest BCUT2D eigenvalue weighted by Crippen LogP contribution is 2.20. The average Bonchev–Trinajstić information content (AvgIpc) is 2.89. The molecule has 1 N–H and O–H groups in total. The van der Waals surface area contributed by atoms with E-state index in [9.17, 15) is 0 Å². The molecule has 0 aliphatic carbocycles. The van der Waals surface area contributed by atoms with E-state index in [0.29, 0.717) is 12.1 Å². The molecule has 1 aromatic carbocycles. The van der Waals surface area contributed by atoms with Crippen LogP contribution in [0.1, 0.15) is 22.2 Å². The van der Waals surface area contributed by atoms with Gasteiger partial charge in [-0.1, -0.05) is 30.3 Å². The monoisotopic (exact) mass is 300 g/mol. The molecule has 2 atom stereocenters. The fourth-order valence-electron chi connectivity index (χ4n) is 3.02. The van der Waals surface area contributed by atoms with Gasteiger partial charge in [0.25, 0.3) is 0 Å². The molecule has 1 aromatic heterocycles. The zero-order chi connectivity index (χ0) is 14.7. The van der Waals surface area contributed by atoms with Gasteiger partial charge in [-0.05, 0) is 38.0 Å². The third-order valence-corrected chi connectivity index (χ3v) is 5.25. The van der Waals surface area contributed by atoms with Crippen LogP contribution in [0.25, 0.3) is 0 Å². The molecule has 1 aliphatic rings. The summed E-state index contributed by atoms with van der Waals surface area (Å²) in [5.41, 5.74) is 1.43. The standard InChI is InChI=1S/C18H24N2S/c1-14-11-19-17(10-16-6-4-3-5-7-16)12-20(14)13-18-9-8-15(2)21-18/h3-9,14,17,19H,10-13H2,1-2H3. The van der Waals surface area contributed by atoms with Crippen LogP contribution in [-0.4, -0.2) is 30.1 Å². The highest BCUT2D eigenvalue weighted by Gasteiger charge is 2.25. The Kier molecular flexibility index (Phi) is 4.73. The van der Waals surface area contributed by atoms with Gasteiger partial charge in [-0.3, -0.25) is 4.90 Å². The molecule has 2 heterocycles. The van der Waals surface area contributed by atoms with Gasteiger partial charge in [-0.15, -0.1) is 11.3 Å². The molecule has 0 saturated carbocycles. The normalized spacial score (nSPS) is 23.3. The summed E-state index contributed by atoms with van der Waals surface area (Å²) in [5.74, 6) is 0. The third kappa shape index (κ3) is 3.94. The second-order valence-electron chi connectivity index (χ2n) is 6.09. The number of nitrogens with one attached hydrogen (secondary N) is 1. The molecule has 1 aliphatic heterocycles. The SMILES string of the molecule is Cc1ccc(CN2CC(Cc3ccccc3)NCC2C)s1. The van der Waals surface area contributed by atoms with Crippen LogP contribution in [0.4, 0.5) is 0 Å². The second kappa shape index (κ2) is 6.73. The summed E-state index contributed by atoms with van der Waals surface area (Å²) in [6, 6.07) is 16.5. The molecule has 2 unspecified atom stereocenters. The topological polar surface area (TPSA) is 15.3 Å². The lowest BCUT2D eigenvalue weighted by molar-refractivity contribution is 0.134. The van der Waals surface area contributed by atoms with Crippen molar-refractivity contribution in [1.82, 2.24) is 10.2 Å². The average molecular weight is 300 g/mol. The summed E-state index contributed by atoms with van der Waals surface area (Å²) in [4.78, 5) is 5.52. The number of thiophene rings is 1. The first-order valence-corrected chi connectivity index (χ1v) is 8.59. The number of benzene rings is 1. The minimum Gasteiger partial charge on any atom is -0.311 e. The number of aryl methyl sites for hydroxylation is 1. The van der Waals surface area contributed by atoms with Crippen LogP contribution >= 0.6 is 11.3 Å². The number of hydrogen-bond acceptors (Lipinski definition) is 3. The van der Waals surface area contributed by atoms with Gasteiger partial charge in [0.1, 0.15) is 0 Å². The molecule has 1 saturated heterocycles. The van der Waals surface area contributed by atoms with Crippen LogP contribution in [0.3, 0.4) is 0 Å². The molecule has 0 amide bonds. The smallest absolute Gasteiger partial charge is 0.0332 e. The van der Waals surface area contributed by atoms with Crippen molar-refractivity contribution in [1.29, 1.82) is 0 Å². The first kappa shape index (κ1) is 14.8. The fourth-order valence-corrected chi connectivity index (χ4v) is 3.94. The predicted molar refractivity (Wildman–Crippen MR) is 90.9 cm³/mol. The molecule has 21 heavy (non-hydrogen) atoms. The zero-order valence-electron chi connectivity index (χ0n) is 12.9. The summed E-state index contributed by atoms with van der Waals surface area (Å²) >= 11 is 1.93. The Bertz CT molecular complexity index is 564. The minimum absolute atomic E-state index is 0.560. The van der Waals surface area contributed by atoms with Crippen molar-refractivity contribution in [2.45, 2.75) is 38.9 Å². The van der Waals surface area contributed by atoms with Gasteiger partial charge in [0.15, 0.2) is 0 Å². The van der Waals surface area contributed by atoms with Crippen LogP contribution in [0.15, 0.2) is 42.5 Å². The molecular formula is C18H24N2S. The molecule has 3 rings (SSSR count). The summed E-state index contributed by atoms with van der Waals surface area (Å²) in [6.45, 7) is 7.82. The second-order valence-corrected chi connectivity index (χ2v) is 7.46. The van der Waals surface area contributed by atoms with Gasteiger partial charge >= 0.3 is 0 Å². The van der Waals surface area contributed by atoms with E-state index < -0.39 is 0 Å². The van der Waals surface area contributed by atoms with Crippen molar-refractivity contribution < 1.29 is 0 Å². The Labute approximate surface area is 131 Å². The minimum atomic E-state index is 0.560. The van der Waals surface area contributed by atoms with Crippen LogP contribution in [0.2, 0.25) is 0 Å². The molecule has 0 radical (unpaired) electrons. The van der Waals surface area contributed by atoms with Gasteiger partial charge in [-0.25, -0.2) is 0 Å². The fraction of sp³-hybridized carbons (Fsp3) is 0.444. The lowest BCUT2D eigenvalue weighted by Gasteiger charge is -2.38. The van der Waals surface area contributed by atoms with E-state index in [4.69, 9.17) is 0 Å². The highest BCUT2D eigenvalue weighted by atomic mass is 32.1. The largest absolute Gasteiger partial charge is 0.311 e. The van der Waals surface area contributed by atoms with Crippen molar-refractivity contribution in [3.05, 3.63) is 57.8 Å². The van der Waals surface area contributed by atoms with Crippen LogP contribution in [-0.2, 0) is 13.0 Å². The Hall–Kier alpha value is -1.16. The molecule has 2 nitrogen and oxygen atoms in total. The van der Waals surface area contributed by atoms with Crippen LogP contribution in [0.5, 0.6) is 0 Å². The number of piperazine rings is 1. The van der Waals surface area contributed by atoms with Crippen molar-refractivity contribution in [3.8, 4) is 0 Å². The summed E-state index contributed by atoms with van der Waals surface area (Å²) in [7, 11) is 0. The molecule has 0 bridgehead atoms. The summed E-state index contributed by atoms with van der Waals surface area (Å²) < 4.78 is 0. The van der Waals surface area contributed by atoms with Gasteiger partial charge in [0.2, 0.25) is 0 Å². The Balaban J connectivity index is 1.61. The molecule has 2 aromatic rings. The maximum Gasteiger partial charge on any atom is 0.0332 e. The maximum atomic E-state index is 3.70. The van der Waals surface area contributed by atoms with Gasteiger partial charge in [-0.2, -0.15) is 0 Å². The molecule has 112 valence electrons. The Morgan fingerprint density at radius 3 is 2.71 bits per heavy atom. The lowest BCUT2D eigenvalue weighted by Crippen LogP contribution is -2.55. The maximum absolute atomic E-state index is 3.70. The number of nitrogens with zero attached hydrogens (tertiary/aromatic N) is 1. The van der Waals surface area contributed by atoms with Gasteiger partial charge in [0, 0.05) is 41.5 Å². The predicted octanol–water partition coefficient (Wildman–Crippen LogP) is 3.46. The van der Waals surface area contributed by atoms with E-state index in [0.717, 1.165) is 26.1 Å². The third-order valence-electron chi connectivity index (χ3n) is 4.26. The van der Waals surface area contributed by atoms with Crippen molar-refractivity contribution in [2.75, 3.05) is 13.1 Å². The molecule has 0 spiro atoms. The number of rotatable bonds is 4. The summed E-state index contributed by atoms with van der Waals surface area (Å²) in [5, 5.41) is 3.70. The first-order valence-electron chi connectivity index (χ1n) is 7.77. The van der Waals surface area contributed by atoms with Crippen molar-refractivity contribution in [2.24, 2.45) is 0 Å². The lowest BCUT2D eigenvalue weighted by atomic mass is 10.0. The quantitative estimate of drug-likeness (QED) is 0.930. The molecule has 3 heteroatoms. The molecular weight excluding hydrogens is 276 g/mol. The Morgan fingerprint density at radius 2 is 2.00 bits per heavy atom. The molecule has 1 fully saturated rings. The van der Waals surface area contributed by atoms with Crippen LogP contribution < -0.4 is 5.32 Å². The van der Waals surface area contributed by atoms with E-state index in [-0.39, 0.29) is 0 Å². The van der Waals surface area contributed by atoms with E-state index >= 15 is 0 Å². The number of hydrogen-bond donors (Lipinski definition) is 1. The Morgan fingerprint density at radius 1 is 1.19 bits per heavy atom. The van der Waals surface area contributed by atoms with Gasteiger partial charge in [0.05, 0.1) is 0 Å². The van der Waals surface area contributed by atoms with E-state index in [1.807, 2.05) is 11.3 Å². The van der Waals surface area contributed by atoms with E-state index in [1.54, 1.807) is 0 Å². The van der Waals surface area contributed by atoms with Gasteiger partial charge < -0.3 is 5.32 Å². The van der Waals surface area contributed by atoms with Crippen molar-refractivity contribution in [3.63, 3.8) is 0 Å². The van der Waals surface area contributed by atoms with Crippen LogP contribution in [0, 0.1) is 6.92 Å². The van der Waals surface area contributed by atoms with E-state index in [2.05, 4.69) is 66.5 Å². The first-order chi connectivity index (χ1) is 10.2. The zero-order valence-corrected chi connectivity index (χ0v) is 13.7. The van der Waals surface area contributed by atoms with Crippen molar-refractivity contribution >= 4 is 11.3 Å². The van der Waals surface area contributed by atoms with E-state index in [1.165, 1.54) is 15.3 Å².